The number of aromatic hydroxyl groups is 1. The fourth-order valence-corrected chi connectivity index (χ4v) is 7.16. The fraction of sp³-hybridized carbons (Fsp3) is 0.417. The Morgan fingerprint density at radius 3 is 2.85 bits per heavy atom. The van der Waals surface area contributed by atoms with E-state index in [-0.39, 0.29) is 62.8 Å². The number of hydrogen-bond acceptors (Lipinski definition) is 9. The predicted octanol–water partition coefficient (Wildman–Crippen LogP) is 6.03. The second kappa shape index (κ2) is 14.4. The number of rotatable bonds is 6. The molecule has 0 saturated carbocycles. The van der Waals surface area contributed by atoms with Crippen LogP contribution in [0.25, 0.3) is 32.9 Å². The maximum Gasteiger partial charge on any atom is 0.319 e. The molecule has 2 unspecified atom stereocenters. The Morgan fingerprint density at radius 1 is 1.21 bits per heavy atom. The third-order valence-electron chi connectivity index (χ3n) is 9.49. The lowest BCUT2D eigenvalue weighted by Crippen LogP contribution is -2.43. The number of methoxy groups -OCH3 is 1. The molecule has 0 amide bonds. The summed E-state index contributed by atoms with van der Waals surface area (Å²) in [6.07, 6.45) is 15.2. The number of nitrogens with zero attached hydrogens (tertiary/aromatic N) is 4. The van der Waals surface area contributed by atoms with Gasteiger partial charge in [0.2, 0.25) is 0 Å². The van der Waals surface area contributed by atoms with E-state index in [0.717, 1.165) is 26.0 Å². The third kappa shape index (κ3) is 6.63. The van der Waals surface area contributed by atoms with Gasteiger partial charge in [-0.2, -0.15) is 9.97 Å². The van der Waals surface area contributed by atoms with Gasteiger partial charge in [0, 0.05) is 36.8 Å². The third-order valence-corrected chi connectivity index (χ3v) is 9.49. The largest absolute Gasteiger partial charge is 0.508 e. The van der Waals surface area contributed by atoms with Gasteiger partial charge in [-0.25, -0.2) is 13.2 Å². The molecule has 5 heterocycles. The minimum atomic E-state index is -0.857. The van der Waals surface area contributed by atoms with Crippen molar-refractivity contribution >= 4 is 27.5 Å². The first-order chi connectivity index (χ1) is 23.3. The molecule has 0 bridgehead atoms. The number of terminal acetylenes is 1. The van der Waals surface area contributed by atoms with E-state index in [4.69, 9.17) is 21.6 Å². The Hall–Kier alpha value is -4.44. The topological polar surface area (TPSA) is 119 Å². The Labute approximate surface area is 277 Å². The molecule has 12 heteroatoms. The van der Waals surface area contributed by atoms with Crippen molar-refractivity contribution in [2.75, 3.05) is 45.7 Å². The van der Waals surface area contributed by atoms with Crippen LogP contribution in [0.3, 0.4) is 0 Å². The molecular weight excluding hydrogens is 621 g/mol. The minimum absolute atomic E-state index is 0.0318. The highest BCUT2D eigenvalue weighted by molar-refractivity contribution is 6.02. The van der Waals surface area contributed by atoms with Crippen molar-refractivity contribution in [1.82, 2.24) is 25.2 Å². The summed E-state index contributed by atoms with van der Waals surface area (Å²) in [5, 5.41) is 14.6. The first kappa shape index (κ1) is 33.5. The number of nitrogens with two attached hydrogens (primary N) is 1. The Balaban J connectivity index is 0.000000345. The lowest BCUT2D eigenvalue weighted by Gasteiger charge is -2.30. The van der Waals surface area contributed by atoms with E-state index in [2.05, 4.69) is 31.1 Å². The summed E-state index contributed by atoms with van der Waals surface area (Å²) in [6.45, 7) is 3.62. The van der Waals surface area contributed by atoms with E-state index in [1.54, 1.807) is 7.11 Å². The zero-order valence-electron chi connectivity index (χ0n) is 26.9. The SMILES string of the molecule is C#Cc1c(F)ccc2cc(O)cc(-c3ncc4c(N)nc(OCC56CCCN5C/C(=C/F)C6)nc4c3F)c12.COCC1CCCCCN1. The molecule has 7 rings (SSSR count). The van der Waals surface area contributed by atoms with Crippen molar-refractivity contribution in [3.63, 3.8) is 0 Å². The fourth-order valence-electron chi connectivity index (χ4n) is 7.16. The highest BCUT2D eigenvalue weighted by Crippen LogP contribution is 2.42. The van der Waals surface area contributed by atoms with Gasteiger partial charge in [0.05, 0.1) is 29.4 Å². The van der Waals surface area contributed by atoms with E-state index >= 15 is 4.39 Å². The van der Waals surface area contributed by atoms with Gasteiger partial charge < -0.3 is 25.6 Å². The lowest BCUT2D eigenvalue weighted by atomic mass is 9.94. The van der Waals surface area contributed by atoms with Crippen LogP contribution in [0.2, 0.25) is 0 Å². The molecule has 252 valence electrons. The normalized spacial score (nSPS) is 21.9. The highest BCUT2D eigenvalue weighted by Gasteiger charge is 2.47. The zero-order valence-corrected chi connectivity index (χ0v) is 26.9. The van der Waals surface area contributed by atoms with Crippen molar-refractivity contribution < 1.29 is 27.8 Å². The van der Waals surface area contributed by atoms with Crippen LogP contribution < -0.4 is 15.8 Å². The summed E-state index contributed by atoms with van der Waals surface area (Å²) < 4.78 is 54.8. The summed E-state index contributed by atoms with van der Waals surface area (Å²) >= 11 is 0. The van der Waals surface area contributed by atoms with Crippen LogP contribution in [0.1, 0.15) is 50.5 Å². The monoisotopic (exact) mass is 660 g/mol. The van der Waals surface area contributed by atoms with Crippen LogP contribution in [-0.2, 0) is 4.74 Å². The Morgan fingerprint density at radius 2 is 2.06 bits per heavy atom. The van der Waals surface area contributed by atoms with Crippen LogP contribution in [0, 0.1) is 24.0 Å². The molecule has 3 fully saturated rings. The van der Waals surface area contributed by atoms with Gasteiger partial charge in [-0.3, -0.25) is 9.88 Å². The van der Waals surface area contributed by atoms with Crippen LogP contribution in [0.5, 0.6) is 11.8 Å². The van der Waals surface area contributed by atoms with Gasteiger partial charge in [-0.15, -0.1) is 6.42 Å². The molecular formula is C36H39F3N6O3. The summed E-state index contributed by atoms with van der Waals surface area (Å²) in [5.41, 5.74) is 6.11. The van der Waals surface area contributed by atoms with Crippen molar-refractivity contribution in [3.05, 3.63) is 59.6 Å². The van der Waals surface area contributed by atoms with Crippen LogP contribution >= 0.6 is 0 Å². The van der Waals surface area contributed by atoms with Crippen molar-refractivity contribution in [2.24, 2.45) is 0 Å². The van der Waals surface area contributed by atoms with E-state index in [9.17, 15) is 13.9 Å². The van der Waals surface area contributed by atoms with Gasteiger partial charge in [0.1, 0.15) is 35.2 Å². The number of ether oxygens (including phenoxy) is 2. The number of hydrogen-bond donors (Lipinski definition) is 3. The molecule has 4 aromatic rings. The number of aromatic nitrogens is 3. The second-order valence-electron chi connectivity index (χ2n) is 12.7. The molecule has 0 spiro atoms. The number of phenolic OH excluding ortho intramolecular Hbond substituents is 1. The van der Waals surface area contributed by atoms with E-state index in [0.29, 0.717) is 36.3 Å². The molecule has 4 N–H and O–H groups in total. The number of phenols is 1. The quantitative estimate of drug-likeness (QED) is 0.213. The first-order valence-corrected chi connectivity index (χ1v) is 16.2. The average molecular weight is 661 g/mol. The standard InChI is InChI=1S/C28H22F3N5O2.C8H17NO/c1-2-18-21(30)5-4-16-8-17(37)9-19(22(16)18)24-23(31)25-20(12-33-24)26(32)35-27(34-25)38-14-28-6-3-7-36(28)13-15(10-28)11-29;1-10-7-8-5-3-2-4-6-9-8/h1,4-5,8-9,11-12,37H,3,6-7,10,13-14H2,(H2,32,34,35);8-9H,2-7H2,1H3/b15-11+;. The predicted molar refractivity (Wildman–Crippen MR) is 179 cm³/mol. The number of fused-ring (bicyclic) bond motifs is 3. The highest BCUT2D eigenvalue weighted by atomic mass is 19.1. The van der Waals surface area contributed by atoms with Crippen LogP contribution in [0.4, 0.5) is 19.0 Å². The summed E-state index contributed by atoms with van der Waals surface area (Å²) in [7, 11) is 1.77. The average Bonchev–Trinajstić information content (AvgIpc) is 3.51. The minimum Gasteiger partial charge on any atom is -0.508 e. The molecule has 2 atom stereocenters. The van der Waals surface area contributed by atoms with E-state index < -0.39 is 11.6 Å². The van der Waals surface area contributed by atoms with Crippen LogP contribution in [-0.4, -0.2) is 76.5 Å². The molecule has 0 aliphatic carbocycles. The van der Waals surface area contributed by atoms with Crippen molar-refractivity contribution in [3.8, 4) is 35.4 Å². The molecule has 48 heavy (non-hydrogen) atoms. The lowest BCUT2D eigenvalue weighted by molar-refractivity contribution is 0.108. The maximum atomic E-state index is 16.0. The summed E-state index contributed by atoms with van der Waals surface area (Å²) in [5.74, 6) is 0.587. The maximum absolute atomic E-state index is 16.0. The molecule has 2 aromatic heterocycles. The first-order valence-electron chi connectivity index (χ1n) is 16.2. The number of benzene rings is 2. The zero-order chi connectivity index (χ0) is 33.8. The Bertz CT molecular complexity index is 1890. The molecule has 3 aliphatic rings. The van der Waals surface area contributed by atoms with Crippen molar-refractivity contribution in [1.29, 1.82) is 0 Å². The number of nitrogen functional groups attached to an aromatic ring is 1. The Kier molecular flexibility index (Phi) is 10.0. The van der Waals surface area contributed by atoms with E-state index in [1.165, 1.54) is 62.7 Å². The molecule has 3 aliphatic heterocycles. The number of pyridine rings is 1. The van der Waals surface area contributed by atoms with Gasteiger partial charge in [-0.05, 0) is 74.4 Å². The molecule has 9 nitrogen and oxygen atoms in total. The summed E-state index contributed by atoms with van der Waals surface area (Å²) in [4.78, 5) is 14.8. The number of halogens is 3. The number of anilines is 1. The molecule has 0 radical (unpaired) electrons. The number of nitrogens with one attached hydrogen (secondary N) is 1. The molecule has 3 saturated heterocycles. The second-order valence-corrected chi connectivity index (χ2v) is 12.7. The van der Waals surface area contributed by atoms with Gasteiger partial charge in [0.25, 0.3) is 0 Å². The smallest absolute Gasteiger partial charge is 0.319 e. The van der Waals surface area contributed by atoms with Crippen LogP contribution in [0.15, 0.2) is 42.4 Å². The van der Waals surface area contributed by atoms with Crippen molar-refractivity contribution in [2.45, 2.75) is 56.5 Å². The van der Waals surface area contributed by atoms with E-state index in [1.807, 2.05) is 0 Å². The van der Waals surface area contributed by atoms with Gasteiger partial charge >= 0.3 is 6.01 Å². The van der Waals surface area contributed by atoms with Gasteiger partial charge in [0.15, 0.2) is 5.82 Å². The van der Waals surface area contributed by atoms with Gasteiger partial charge in [-0.1, -0.05) is 24.8 Å². The summed E-state index contributed by atoms with van der Waals surface area (Å²) in [6, 6.07) is 5.80. The molecule has 2 aromatic carbocycles.